The Morgan fingerprint density at radius 2 is 0.958 bits per heavy atom. The molecule has 0 unspecified atom stereocenters. The predicted molar refractivity (Wildman–Crippen MR) is 197 cm³/mol. The Kier molecular flexibility index (Phi) is 5.84. The van der Waals surface area contributed by atoms with Crippen LogP contribution in [0.2, 0.25) is 0 Å². The molecule has 3 aromatic heterocycles. The summed E-state index contributed by atoms with van der Waals surface area (Å²) in [6.07, 6.45) is 0. The maximum absolute atomic E-state index is 6.05. The zero-order valence-electron chi connectivity index (χ0n) is 25.8. The van der Waals surface area contributed by atoms with Gasteiger partial charge in [0.15, 0.2) is 0 Å². The van der Waals surface area contributed by atoms with Crippen LogP contribution in [0.3, 0.4) is 0 Å². The summed E-state index contributed by atoms with van der Waals surface area (Å²) in [6, 6.07) is 57.4. The van der Waals surface area contributed by atoms with Gasteiger partial charge in [0.1, 0.15) is 11.2 Å². The Bertz CT molecular complexity index is 2830. The molecule has 0 aliphatic rings. The summed E-state index contributed by atoms with van der Waals surface area (Å²) in [4.78, 5) is 10.3. The van der Waals surface area contributed by atoms with Crippen LogP contribution in [0, 0.1) is 0 Å². The molecule has 0 saturated carbocycles. The minimum absolute atomic E-state index is 0.665. The van der Waals surface area contributed by atoms with Crippen molar-refractivity contribution < 1.29 is 4.42 Å². The maximum atomic E-state index is 6.05. The lowest BCUT2D eigenvalue weighted by molar-refractivity contribution is 0.669. The van der Waals surface area contributed by atoms with Crippen molar-refractivity contribution in [3.05, 3.63) is 164 Å². The van der Waals surface area contributed by atoms with Crippen LogP contribution in [0.25, 0.3) is 94.1 Å². The van der Waals surface area contributed by atoms with Crippen LogP contribution in [0.5, 0.6) is 0 Å². The van der Waals surface area contributed by atoms with E-state index in [1.165, 1.54) is 27.5 Å². The van der Waals surface area contributed by atoms with Crippen LogP contribution in [0.15, 0.2) is 168 Å². The van der Waals surface area contributed by atoms with Gasteiger partial charge >= 0.3 is 0 Å². The van der Waals surface area contributed by atoms with E-state index >= 15 is 0 Å². The average Bonchev–Trinajstić information content (AvgIpc) is 3.70. The fraction of sp³-hybridized carbons (Fsp3) is 0. The number of rotatable bonds is 4. The van der Waals surface area contributed by atoms with Gasteiger partial charge in [-0.15, -0.1) is 0 Å². The van der Waals surface area contributed by atoms with Crippen molar-refractivity contribution in [2.24, 2.45) is 0 Å². The minimum Gasteiger partial charge on any atom is -0.456 e. The zero-order valence-corrected chi connectivity index (χ0v) is 25.8. The average molecular weight is 614 g/mol. The highest BCUT2D eigenvalue weighted by Gasteiger charge is 2.18. The molecule has 3 heterocycles. The van der Waals surface area contributed by atoms with Gasteiger partial charge in [-0.05, 0) is 64.7 Å². The Labute approximate surface area is 276 Å². The molecular weight excluding hydrogens is 587 g/mol. The van der Waals surface area contributed by atoms with E-state index < -0.39 is 0 Å². The summed E-state index contributed by atoms with van der Waals surface area (Å²) in [5, 5.41) is 5.66. The smallest absolute Gasteiger partial charge is 0.235 e. The number of para-hydroxylation sites is 3. The van der Waals surface area contributed by atoms with Gasteiger partial charge in [-0.25, -0.2) is 9.97 Å². The summed E-state index contributed by atoms with van der Waals surface area (Å²) in [5.41, 5.74) is 11.6. The Morgan fingerprint density at radius 1 is 0.375 bits per heavy atom. The van der Waals surface area contributed by atoms with Crippen LogP contribution in [-0.4, -0.2) is 14.5 Å². The van der Waals surface area contributed by atoms with Crippen LogP contribution < -0.4 is 0 Å². The molecule has 48 heavy (non-hydrogen) atoms. The van der Waals surface area contributed by atoms with Crippen molar-refractivity contribution >= 4 is 54.6 Å². The molecule has 10 aromatic rings. The molecule has 4 nitrogen and oxygen atoms in total. The van der Waals surface area contributed by atoms with Gasteiger partial charge in [0, 0.05) is 32.5 Å². The van der Waals surface area contributed by atoms with E-state index in [1.807, 2.05) is 30.3 Å². The quantitative estimate of drug-likeness (QED) is 0.198. The fourth-order valence-electron chi connectivity index (χ4n) is 7.11. The summed E-state index contributed by atoms with van der Waals surface area (Å²) in [7, 11) is 0. The van der Waals surface area contributed by atoms with E-state index in [4.69, 9.17) is 14.4 Å². The van der Waals surface area contributed by atoms with Gasteiger partial charge in [0.25, 0.3) is 0 Å². The number of nitrogens with zero attached hydrogens (tertiary/aromatic N) is 3. The molecule has 0 radical (unpaired) electrons. The molecule has 10 rings (SSSR count). The number of benzene rings is 7. The number of hydrogen-bond donors (Lipinski definition) is 0. The first-order valence-electron chi connectivity index (χ1n) is 16.2. The highest BCUT2D eigenvalue weighted by molar-refractivity contribution is 6.10. The molecule has 4 heteroatoms. The van der Waals surface area contributed by atoms with Crippen molar-refractivity contribution in [1.29, 1.82) is 0 Å². The molecule has 0 N–H and O–H groups in total. The molecule has 0 spiro atoms. The molecule has 0 saturated heterocycles. The largest absolute Gasteiger partial charge is 0.456 e. The van der Waals surface area contributed by atoms with Crippen molar-refractivity contribution in [2.45, 2.75) is 0 Å². The summed E-state index contributed by atoms with van der Waals surface area (Å²) in [6.45, 7) is 0. The van der Waals surface area contributed by atoms with Crippen LogP contribution >= 0.6 is 0 Å². The molecule has 0 atom stereocenters. The van der Waals surface area contributed by atoms with Gasteiger partial charge < -0.3 is 4.42 Å². The summed E-state index contributed by atoms with van der Waals surface area (Å²) in [5.74, 6) is 0.665. The SMILES string of the molecule is c1ccc(-c2nc(-n3c4ccccc4c4cc(-c5ccc(-c6ccc7oc8ccccc8c7c6)cc5)ccc43)nc3ccccc23)cc1. The monoisotopic (exact) mass is 613 g/mol. The van der Waals surface area contributed by atoms with Crippen LogP contribution in [-0.2, 0) is 0 Å². The number of fused-ring (bicyclic) bond motifs is 7. The standard InChI is InChI=1S/C44H27N3O/c1-2-10-30(11-3-1)43-35-14-4-7-15-38(35)45-44(46-43)47-39-16-8-5-12-33(39)36-26-31(22-24-40(36)47)28-18-20-29(21-19-28)32-23-25-42-37(27-32)34-13-6-9-17-41(34)48-42/h1-27H. The third-order valence-electron chi connectivity index (χ3n) is 9.44. The lowest BCUT2D eigenvalue weighted by atomic mass is 9.98. The lowest BCUT2D eigenvalue weighted by Gasteiger charge is -2.12. The lowest BCUT2D eigenvalue weighted by Crippen LogP contribution is -2.03. The Hall–Kier alpha value is -6.52. The number of furan rings is 1. The third-order valence-corrected chi connectivity index (χ3v) is 9.44. The third kappa shape index (κ3) is 4.16. The second kappa shape index (κ2) is 10.5. The van der Waals surface area contributed by atoms with Gasteiger partial charge in [0.2, 0.25) is 5.95 Å². The van der Waals surface area contributed by atoms with E-state index in [0.717, 1.165) is 60.7 Å². The first-order chi connectivity index (χ1) is 23.8. The highest BCUT2D eigenvalue weighted by Crippen LogP contribution is 2.37. The summed E-state index contributed by atoms with van der Waals surface area (Å²) >= 11 is 0. The molecule has 224 valence electrons. The molecule has 0 amide bonds. The van der Waals surface area contributed by atoms with Crippen molar-refractivity contribution in [3.63, 3.8) is 0 Å². The Morgan fingerprint density at radius 3 is 1.77 bits per heavy atom. The topological polar surface area (TPSA) is 43.9 Å². The molecule has 0 aliphatic carbocycles. The highest BCUT2D eigenvalue weighted by atomic mass is 16.3. The summed E-state index contributed by atoms with van der Waals surface area (Å²) < 4.78 is 8.25. The normalized spacial score (nSPS) is 11.8. The van der Waals surface area contributed by atoms with Crippen LogP contribution in [0.1, 0.15) is 0 Å². The van der Waals surface area contributed by atoms with Crippen molar-refractivity contribution in [1.82, 2.24) is 14.5 Å². The second-order valence-electron chi connectivity index (χ2n) is 12.2. The second-order valence-corrected chi connectivity index (χ2v) is 12.2. The predicted octanol–water partition coefficient (Wildman–Crippen LogP) is 11.6. The molecule has 0 aliphatic heterocycles. The van der Waals surface area contributed by atoms with E-state index in [1.54, 1.807) is 0 Å². The molecule has 0 fully saturated rings. The number of aromatic nitrogens is 3. The van der Waals surface area contributed by atoms with Gasteiger partial charge in [-0.3, -0.25) is 4.57 Å². The minimum atomic E-state index is 0.665. The maximum Gasteiger partial charge on any atom is 0.235 e. The van der Waals surface area contributed by atoms with Crippen molar-refractivity contribution in [3.8, 4) is 39.5 Å². The van der Waals surface area contributed by atoms with Crippen molar-refractivity contribution in [2.75, 3.05) is 0 Å². The fourth-order valence-corrected chi connectivity index (χ4v) is 7.11. The van der Waals surface area contributed by atoms with Gasteiger partial charge in [-0.2, -0.15) is 0 Å². The molecule has 0 bridgehead atoms. The van der Waals surface area contributed by atoms with E-state index in [0.29, 0.717) is 5.95 Å². The van der Waals surface area contributed by atoms with E-state index in [9.17, 15) is 0 Å². The Balaban J connectivity index is 1.09. The molecule has 7 aromatic carbocycles. The first-order valence-corrected chi connectivity index (χ1v) is 16.2. The van der Waals surface area contributed by atoms with E-state index in [-0.39, 0.29) is 0 Å². The van der Waals surface area contributed by atoms with Crippen LogP contribution in [0.4, 0.5) is 0 Å². The zero-order chi connectivity index (χ0) is 31.6. The first kappa shape index (κ1) is 26.7. The van der Waals surface area contributed by atoms with Gasteiger partial charge in [-0.1, -0.05) is 121 Å². The van der Waals surface area contributed by atoms with Gasteiger partial charge in [0.05, 0.1) is 22.2 Å². The number of hydrogen-bond acceptors (Lipinski definition) is 3. The van der Waals surface area contributed by atoms with E-state index in [2.05, 4.69) is 138 Å². The molecular formula is C44H27N3O.